The van der Waals surface area contributed by atoms with Gasteiger partial charge >= 0.3 is 0 Å². The van der Waals surface area contributed by atoms with Gasteiger partial charge in [0.25, 0.3) is 10.0 Å². The molecule has 2 aromatic rings. The second kappa shape index (κ2) is 9.41. The van der Waals surface area contributed by atoms with Gasteiger partial charge in [-0.05, 0) is 79.8 Å². The van der Waals surface area contributed by atoms with Crippen LogP contribution in [-0.2, 0) is 39.3 Å². The van der Waals surface area contributed by atoms with Crippen molar-refractivity contribution in [3.8, 4) is 5.75 Å². The summed E-state index contributed by atoms with van der Waals surface area (Å²) >= 11 is 0. The Morgan fingerprint density at radius 3 is 2.54 bits per heavy atom. The van der Waals surface area contributed by atoms with E-state index in [2.05, 4.69) is 13.0 Å². The Bertz CT molecular complexity index is 1320. The van der Waals surface area contributed by atoms with Crippen molar-refractivity contribution < 1.29 is 26.7 Å². The monoisotopic (exact) mass is 519 g/mol. The van der Waals surface area contributed by atoms with E-state index in [-0.39, 0.29) is 41.6 Å². The molecule has 7 nitrogen and oxygen atoms in total. The third-order valence-electron chi connectivity index (χ3n) is 7.53. The lowest BCUT2D eigenvalue weighted by atomic mass is 9.93. The van der Waals surface area contributed by atoms with Crippen LogP contribution in [0.4, 0.5) is 5.69 Å². The Hall–Kier alpha value is -2.10. The summed E-state index contributed by atoms with van der Waals surface area (Å²) in [5.74, 6) is 0.953. The minimum Gasteiger partial charge on any atom is -0.493 e. The molecule has 1 N–H and O–H groups in total. The maximum Gasteiger partial charge on any atom is 0.264 e. The molecule has 1 unspecified atom stereocenters. The van der Waals surface area contributed by atoms with Gasteiger partial charge in [0.2, 0.25) is 0 Å². The molecule has 0 radical (unpaired) electrons. The minimum atomic E-state index is -3.86. The average Bonchev–Trinajstić information content (AvgIpc) is 3.64. The zero-order valence-electron chi connectivity index (χ0n) is 20.0. The van der Waals surface area contributed by atoms with Gasteiger partial charge in [0, 0.05) is 17.5 Å². The van der Waals surface area contributed by atoms with Gasteiger partial charge in [-0.1, -0.05) is 19.1 Å². The molecular formula is C26H33NO6S2. The zero-order valence-corrected chi connectivity index (χ0v) is 21.7. The topological polar surface area (TPSA) is 101 Å². The molecule has 0 bridgehead atoms. The predicted octanol–water partition coefficient (Wildman–Crippen LogP) is 3.47. The van der Waals surface area contributed by atoms with E-state index in [1.165, 1.54) is 17.7 Å². The lowest BCUT2D eigenvalue weighted by molar-refractivity contribution is 0.241. The second-order valence-electron chi connectivity index (χ2n) is 10.1. The van der Waals surface area contributed by atoms with Gasteiger partial charge in [-0.3, -0.25) is 4.31 Å². The number of aryl methyl sites for hydroxylation is 2. The Labute approximate surface area is 208 Å². The lowest BCUT2D eigenvalue weighted by Crippen LogP contribution is -2.45. The molecule has 190 valence electrons. The van der Waals surface area contributed by atoms with E-state index in [1.807, 2.05) is 12.1 Å². The number of aliphatic hydroxyl groups excluding tert-OH is 1. The molecule has 2 aliphatic heterocycles. The lowest BCUT2D eigenvalue weighted by Gasteiger charge is -2.38. The number of sulfone groups is 1. The van der Waals surface area contributed by atoms with E-state index in [0.29, 0.717) is 23.7 Å². The molecule has 1 saturated heterocycles. The highest BCUT2D eigenvalue weighted by Gasteiger charge is 2.44. The highest BCUT2D eigenvalue weighted by atomic mass is 32.2. The van der Waals surface area contributed by atoms with Gasteiger partial charge in [0.15, 0.2) is 9.84 Å². The quantitative estimate of drug-likeness (QED) is 0.573. The standard InChI is InChI=1S/C26H33NO6S2/c1-2-18-3-8-25-21(13-18)6-9-24(20-4-5-20)27(25)35(31,32)23-7-10-26(22(14-23)15-28)33-16-19-11-12-34(29,30)17-19/h3,7-8,10,13-14,19-20,24,28H,2,4-6,9,11-12,15-17H2,1H3/t19?,24-/m0/s1. The second-order valence-corrected chi connectivity index (χ2v) is 14.1. The maximum absolute atomic E-state index is 14.0. The summed E-state index contributed by atoms with van der Waals surface area (Å²) in [6.07, 6.45) is 5.24. The van der Waals surface area contributed by atoms with Gasteiger partial charge < -0.3 is 9.84 Å². The van der Waals surface area contributed by atoms with Crippen molar-refractivity contribution >= 4 is 25.5 Å². The van der Waals surface area contributed by atoms with Crippen LogP contribution in [0.2, 0.25) is 0 Å². The van der Waals surface area contributed by atoms with Gasteiger partial charge in [-0.2, -0.15) is 0 Å². The molecule has 2 atom stereocenters. The van der Waals surface area contributed by atoms with Crippen molar-refractivity contribution in [3.63, 3.8) is 0 Å². The first-order valence-electron chi connectivity index (χ1n) is 12.4. The Kier molecular flexibility index (Phi) is 6.61. The van der Waals surface area contributed by atoms with Crippen LogP contribution >= 0.6 is 0 Å². The van der Waals surface area contributed by atoms with Gasteiger partial charge in [0.05, 0.1) is 35.3 Å². The third-order valence-corrected chi connectivity index (χ3v) is 11.2. The summed E-state index contributed by atoms with van der Waals surface area (Å²) in [6.45, 7) is 1.95. The number of sulfonamides is 1. The summed E-state index contributed by atoms with van der Waals surface area (Å²) in [6, 6.07) is 10.6. The van der Waals surface area contributed by atoms with Crippen molar-refractivity contribution in [2.45, 2.75) is 63.0 Å². The number of benzene rings is 2. The van der Waals surface area contributed by atoms with Crippen molar-refractivity contribution in [3.05, 3.63) is 53.1 Å². The maximum atomic E-state index is 14.0. The number of fused-ring (bicyclic) bond motifs is 1. The molecule has 0 aromatic heterocycles. The highest BCUT2D eigenvalue weighted by molar-refractivity contribution is 7.93. The molecule has 3 aliphatic rings. The zero-order chi connectivity index (χ0) is 24.8. The van der Waals surface area contributed by atoms with Crippen LogP contribution in [0.15, 0.2) is 41.3 Å². The number of aliphatic hydroxyl groups is 1. The molecular weight excluding hydrogens is 486 g/mol. The van der Waals surface area contributed by atoms with E-state index in [0.717, 1.165) is 43.4 Å². The van der Waals surface area contributed by atoms with Crippen molar-refractivity contribution in [2.24, 2.45) is 11.8 Å². The summed E-state index contributed by atoms with van der Waals surface area (Å²) in [5.41, 5.74) is 3.41. The first kappa shape index (κ1) is 24.6. The van der Waals surface area contributed by atoms with Crippen LogP contribution in [0.3, 0.4) is 0 Å². The number of hydrogen-bond donors (Lipinski definition) is 1. The summed E-state index contributed by atoms with van der Waals surface area (Å²) in [5, 5.41) is 9.98. The van der Waals surface area contributed by atoms with Crippen LogP contribution in [0.25, 0.3) is 0 Å². The summed E-state index contributed by atoms with van der Waals surface area (Å²) < 4.78 is 58.9. The van der Waals surface area contributed by atoms with Crippen LogP contribution in [0, 0.1) is 11.8 Å². The van der Waals surface area contributed by atoms with Crippen LogP contribution < -0.4 is 9.04 Å². The van der Waals surface area contributed by atoms with E-state index in [9.17, 15) is 21.9 Å². The molecule has 35 heavy (non-hydrogen) atoms. The Morgan fingerprint density at radius 1 is 1.09 bits per heavy atom. The van der Waals surface area contributed by atoms with E-state index >= 15 is 0 Å². The van der Waals surface area contributed by atoms with Crippen LogP contribution in [0.1, 0.15) is 49.3 Å². The average molecular weight is 520 g/mol. The van der Waals surface area contributed by atoms with E-state index in [4.69, 9.17) is 4.74 Å². The first-order valence-corrected chi connectivity index (χ1v) is 15.7. The van der Waals surface area contributed by atoms with Crippen molar-refractivity contribution in [1.82, 2.24) is 0 Å². The van der Waals surface area contributed by atoms with Crippen molar-refractivity contribution in [1.29, 1.82) is 0 Å². The number of anilines is 1. The normalized spacial score (nSPS) is 23.8. The molecule has 2 fully saturated rings. The largest absolute Gasteiger partial charge is 0.493 e. The van der Waals surface area contributed by atoms with E-state index in [1.54, 1.807) is 10.4 Å². The molecule has 2 heterocycles. The third kappa shape index (κ3) is 4.95. The van der Waals surface area contributed by atoms with Gasteiger partial charge in [0.1, 0.15) is 5.75 Å². The summed E-state index contributed by atoms with van der Waals surface area (Å²) in [7, 11) is -6.86. The Balaban J connectivity index is 1.44. The van der Waals surface area contributed by atoms with E-state index < -0.39 is 19.9 Å². The van der Waals surface area contributed by atoms with Gasteiger partial charge in [-0.25, -0.2) is 16.8 Å². The number of ether oxygens (including phenoxy) is 1. The Morgan fingerprint density at radius 2 is 1.89 bits per heavy atom. The minimum absolute atomic E-state index is 0.0576. The number of nitrogens with zero attached hydrogens (tertiary/aromatic N) is 1. The highest BCUT2D eigenvalue weighted by Crippen LogP contribution is 2.45. The molecule has 0 spiro atoms. The number of hydrogen-bond acceptors (Lipinski definition) is 6. The fraction of sp³-hybridized carbons (Fsp3) is 0.538. The van der Waals surface area contributed by atoms with Gasteiger partial charge in [-0.15, -0.1) is 0 Å². The number of rotatable bonds is 8. The molecule has 0 amide bonds. The molecule has 9 heteroatoms. The predicted molar refractivity (Wildman–Crippen MR) is 135 cm³/mol. The smallest absolute Gasteiger partial charge is 0.264 e. The fourth-order valence-corrected chi connectivity index (χ4v) is 9.06. The fourth-order valence-electron chi connectivity index (χ4n) is 5.39. The first-order chi connectivity index (χ1) is 16.7. The molecule has 1 aliphatic carbocycles. The van der Waals surface area contributed by atoms with Crippen molar-refractivity contribution in [2.75, 3.05) is 22.4 Å². The van der Waals surface area contributed by atoms with Crippen LogP contribution in [-0.4, -0.2) is 46.1 Å². The summed E-state index contributed by atoms with van der Waals surface area (Å²) in [4.78, 5) is 0.135. The molecule has 2 aromatic carbocycles. The van der Waals surface area contributed by atoms with Crippen LogP contribution in [0.5, 0.6) is 5.75 Å². The molecule has 5 rings (SSSR count). The SMILES string of the molecule is CCc1ccc2c(c1)CC[C@@H](C1CC1)N2S(=O)(=O)c1ccc(OCC2CCS(=O)(=O)C2)c(CO)c1. The molecule has 1 saturated carbocycles.